The van der Waals surface area contributed by atoms with E-state index in [2.05, 4.69) is 10.4 Å². The predicted octanol–water partition coefficient (Wildman–Crippen LogP) is 4.63. The fraction of sp³-hybridized carbons (Fsp3) is 0.120. The predicted molar refractivity (Wildman–Crippen MR) is 123 cm³/mol. The molecule has 0 radical (unpaired) electrons. The fourth-order valence-electron chi connectivity index (χ4n) is 3.73. The number of primary amides is 1. The summed E-state index contributed by atoms with van der Waals surface area (Å²) < 4.78 is 42.6. The van der Waals surface area contributed by atoms with Crippen molar-refractivity contribution in [2.75, 3.05) is 5.32 Å². The highest BCUT2D eigenvalue weighted by atomic mass is 19.4. The molecule has 3 aromatic carbocycles. The number of rotatable bonds is 5. The molecule has 10 heteroatoms. The number of nitrogens with one attached hydrogen (secondary N) is 1. The lowest BCUT2D eigenvalue weighted by molar-refractivity contribution is -0.140. The standard InChI is InChI=1S/C25H18F3N5O2/c1-14-21(22(25(26,27)28)32-33(14)13-16-8-6-15(12-29)7-9-16)31-24(35)20-11-18(23(30)34)10-17-4-2-3-5-19(17)20/h2-11H,13H2,1H3,(H2,30,34)(H,31,35). The topological polar surface area (TPSA) is 114 Å². The maximum absolute atomic E-state index is 13.8. The highest BCUT2D eigenvalue weighted by molar-refractivity contribution is 6.15. The van der Waals surface area contributed by atoms with Crippen LogP contribution in [-0.2, 0) is 12.7 Å². The van der Waals surface area contributed by atoms with Crippen molar-refractivity contribution >= 4 is 28.3 Å². The lowest BCUT2D eigenvalue weighted by atomic mass is 10.00. The Hall–Kier alpha value is -4.65. The number of carbonyl (C=O) groups excluding carboxylic acids is 2. The second kappa shape index (κ2) is 8.95. The lowest BCUT2D eigenvalue weighted by Crippen LogP contribution is -2.18. The number of alkyl halides is 3. The third-order valence-corrected chi connectivity index (χ3v) is 5.52. The Morgan fingerprint density at radius 3 is 2.43 bits per heavy atom. The second-order valence-electron chi connectivity index (χ2n) is 7.84. The van der Waals surface area contributed by atoms with Gasteiger partial charge in [-0.15, -0.1) is 0 Å². The molecule has 1 aromatic heterocycles. The number of hydrogen-bond donors (Lipinski definition) is 2. The summed E-state index contributed by atoms with van der Waals surface area (Å²) in [5.41, 5.74) is 4.84. The molecule has 0 bridgehead atoms. The van der Waals surface area contributed by atoms with Gasteiger partial charge in [-0.1, -0.05) is 36.4 Å². The molecule has 0 aliphatic rings. The van der Waals surface area contributed by atoms with Gasteiger partial charge in [0.25, 0.3) is 5.91 Å². The van der Waals surface area contributed by atoms with E-state index in [1.807, 2.05) is 6.07 Å². The molecule has 3 N–H and O–H groups in total. The van der Waals surface area contributed by atoms with Gasteiger partial charge in [-0.25, -0.2) is 0 Å². The SMILES string of the molecule is Cc1c(NC(=O)c2cc(C(N)=O)cc3ccccc23)c(C(F)(F)F)nn1Cc1ccc(C#N)cc1. The molecular weight excluding hydrogens is 459 g/mol. The van der Waals surface area contributed by atoms with Gasteiger partial charge in [-0.3, -0.25) is 14.3 Å². The summed E-state index contributed by atoms with van der Waals surface area (Å²) in [7, 11) is 0. The molecule has 4 aromatic rings. The van der Waals surface area contributed by atoms with Gasteiger partial charge in [0.2, 0.25) is 5.91 Å². The minimum absolute atomic E-state index is 0.00339. The number of hydrogen-bond acceptors (Lipinski definition) is 4. The van der Waals surface area contributed by atoms with Crippen molar-refractivity contribution < 1.29 is 22.8 Å². The van der Waals surface area contributed by atoms with Crippen molar-refractivity contribution in [2.24, 2.45) is 5.73 Å². The van der Waals surface area contributed by atoms with Gasteiger partial charge in [0.05, 0.1) is 29.6 Å². The molecule has 176 valence electrons. The van der Waals surface area contributed by atoms with Gasteiger partial charge < -0.3 is 11.1 Å². The Bertz CT molecular complexity index is 1500. The van der Waals surface area contributed by atoms with Crippen LogP contribution in [0.15, 0.2) is 60.7 Å². The number of fused-ring (bicyclic) bond motifs is 1. The zero-order valence-electron chi connectivity index (χ0n) is 18.3. The van der Waals surface area contributed by atoms with E-state index < -0.39 is 29.4 Å². The molecular formula is C25H18F3N5O2. The molecule has 0 fully saturated rings. The van der Waals surface area contributed by atoms with Crippen LogP contribution >= 0.6 is 0 Å². The average molecular weight is 477 g/mol. The zero-order chi connectivity index (χ0) is 25.3. The normalized spacial score (nSPS) is 11.3. The summed E-state index contributed by atoms with van der Waals surface area (Å²) in [5, 5.41) is 16.0. The molecule has 0 spiro atoms. The summed E-state index contributed by atoms with van der Waals surface area (Å²) in [6.45, 7) is 1.41. The Kier molecular flexibility index (Phi) is 6.01. The smallest absolute Gasteiger partial charge is 0.366 e. The molecule has 0 unspecified atom stereocenters. The van der Waals surface area contributed by atoms with Gasteiger partial charge >= 0.3 is 6.18 Å². The summed E-state index contributed by atoms with van der Waals surface area (Å²) in [5.74, 6) is -1.61. The lowest BCUT2D eigenvalue weighted by Gasteiger charge is -2.12. The number of nitrogens with zero attached hydrogens (tertiary/aromatic N) is 3. The molecule has 0 aliphatic carbocycles. The van der Waals surface area contributed by atoms with E-state index in [1.165, 1.54) is 19.1 Å². The number of halogens is 3. The van der Waals surface area contributed by atoms with Crippen molar-refractivity contribution in [1.29, 1.82) is 5.26 Å². The largest absolute Gasteiger partial charge is 0.437 e. The van der Waals surface area contributed by atoms with Crippen LogP contribution in [0.5, 0.6) is 0 Å². The molecule has 7 nitrogen and oxygen atoms in total. The van der Waals surface area contributed by atoms with E-state index in [1.54, 1.807) is 48.5 Å². The third kappa shape index (κ3) is 4.70. The van der Waals surface area contributed by atoms with Crippen LogP contribution in [0.2, 0.25) is 0 Å². The molecule has 4 rings (SSSR count). The van der Waals surface area contributed by atoms with Crippen molar-refractivity contribution in [3.8, 4) is 6.07 Å². The van der Waals surface area contributed by atoms with Crippen LogP contribution in [0, 0.1) is 18.3 Å². The third-order valence-electron chi connectivity index (χ3n) is 5.52. The van der Waals surface area contributed by atoms with Crippen molar-refractivity contribution in [2.45, 2.75) is 19.6 Å². The minimum Gasteiger partial charge on any atom is -0.366 e. The zero-order valence-corrected chi connectivity index (χ0v) is 18.3. The molecule has 0 saturated carbocycles. The first-order valence-corrected chi connectivity index (χ1v) is 10.4. The highest BCUT2D eigenvalue weighted by Gasteiger charge is 2.39. The van der Waals surface area contributed by atoms with Crippen LogP contribution in [0.25, 0.3) is 10.8 Å². The molecule has 0 aliphatic heterocycles. The number of aromatic nitrogens is 2. The number of benzene rings is 3. The van der Waals surface area contributed by atoms with Gasteiger partial charge in [0, 0.05) is 11.1 Å². The summed E-state index contributed by atoms with van der Waals surface area (Å²) >= 11 is 0. The number of nitriles is 1. The summed E-state index contributed by atoms with van der Waals surface area (Å²) in [6, 6.07) is 17.8. The van der Waals surface area contributed by atoms with Crippen molar-refractivity contribution in [1.82, 2.24) is 9.78 Å². The van der Waals surface area contributed by atoms with E-state index in [0.717, 1.165) is 4.68 Å². The van der Waals surface area contributed by atoms with Crippen LogP contribution < -0.4 is 11.1 Å². The van der Waals surface area contributed by atoms with Gasteiger partial charge in [-0.2, -0.15) is 23.5 Å². The first kappa shape index (κ1) is 23.5. The first-order chi connectivity index (χ1) is 16.6. The van der Waals surface area contributed by atoms with E-state index in [-0.39, 0.29) is 23.4 Å². The van der Waals surface area contributed by atoms with Gasteiger partial charge in [0.1, 0.15) is 0 Å². The average Bonchev–Trinajstić information content (AvgIpc) is 3.14. The maximum atomic E-state index is 13.8. The minimum atomic E-state index is -4.83. The summed E-state index contributed by atoms with van der Waals surface area (Å²) in [4.78, 5) is 24.9. The molecule has 35 heavy (non-hydrogen) atoms. The Balaban J connectivity index is 1.75. The van der Waals surface area contributed by atoms with E-state index in [4.69, 9.17) is 11.0 Å². The number of anilines is 1. The Morgan fingerprint density at radius 2 is 1.80 bits per heavy atom. The van der Waals surface area contributed by atoms with Crippen molar-refractivity contribution in [3.05, 3.63) is 94.3 Å². The monoisotopic (exact) mass is 477 g/mol. The number of carbonyl (C=O) groups is 2. The highest BCUT2D eigenvalue weighted by Crippen LogP contribution is 2.36. The molecule has 1 heterocycles. The van der Waals surface area contributed by atoms with Crippen molar-refractivity contribution in [3.63, 3.8) is 0 Å². The Labute approximate surface area is 197 Å². The van der Waals surface area contributed by atoms with Gasteiger partial charge in [-0.05, 0) is 47.5 Å². The van der Waals surface area contributed by atoms with E-state index in [9.17, 15) is 22.8 Å². The van der Waals surface area contributed by atoms with Crippen LogP contribution in [0.3, 0.4) is 0 Å². The number of nitrogens with two attached hydrogens (primary N) is 1. The van der Waals surface area contributed by atoms with Crippen LogP contribution in [0.1, 0.15) is 43.2 Å². The quantitative estimate of drug-likeness (QED) is 0.436. The first-order valence-electron chi connectivity index (χ1n) is 10.4. The molecule has 2 amide bonds. The van der Waals surface area contributed by atoms with Crippen LogP contribution in [-0.4, -0.2) is 21.6 Å². The summed E-state index contributed by atoms with van der Waals surface area (Å²) in [6.07, 6.45) is -4.83. The Morgan fingerprint density at radius 1 is 1.11 bits per heavy atom. The van der Waals surface area contributed by atoms with Gasteiger partial charge in [0.15, 0.2) is 5.69 Å². The second-order valence-corrected chi connectivity index (χ2v) is 7.84. The number of amides is 2. The molecule has 0 atom stereocenters. The van der Waals surface area contributed by atoms with Crippen LogP contribution in [0.4, 0.5) is 18.9 Å². The molecule has 0 saturated heterocycles. The van der Waals surface area contributed by atoms with E-state index >= 15 is 0 Å². The van der Waals surface area contributed by atoms with E-state index in [0.29, 0.717) is 21.9 Å². The fourth-order valence-corrected chi connectivity index (χ4v) is 3.73. The maximum Gasteiger partial charge on any atom is 0.437 e.